The second-order valence-corrected chi connectivity index (χ2v) is 9.38. The van der Waals surface area contributed by atoms with Crippen molar-refractivity contribution in [1.82, 2.24) is 35.4 Å². The van der Waals surface area contributed by atoms with Crippen LogP contribution in [0, 0.1) is 6.92 Å². The number of nitrogens with zero attached hydrogens (tertiary/aromatic N) is 4. The average Bonchev–Trinajstić information content (AvgIpc) is 3.39. The van der Waals surface area contributed by atoms with Crippen molar-refractivity contribution < 1.29 is 9.53 Å². The highest BCUT2D eigenvalue weighted by molar-refractivity contribution is 5.96. The third-order valence-electron chi connectivity index (χ3n) is 6.61. The number of amides is 1. The van der Waals surface area contributed by atoms with Crippen LogP contribution in [0.4, 0.5) is 0 Å². The third-order valence-corrected chi connectivity index (χ3v) is 6.61. The molecule has 4 heterocycles. The van der Waals surface area contributed by atoms with Crippen LogP contribution in [0.1, 0.15) is 67.1 Å². The maximum atomic E-state index is 13.2. The number of pyridine rings is 1. The Hall–Kier alpha value is -2.78. The Morgan fingerprint density at radius 3 is 2.62 bits per heavy atom. The summed E-state index contributed by atoms with van der Waals surface area (Å²) in [5.74, 6) is 0.0655. The molecule has 3 aromatic rings. The first-order valence-corrected chi connectivity index (χ1v) is 11.5. The first-order valence-electron chi connectivity index (χ1n) is 11.5. The maximum absolute atomic E-state index is 13.2. The van der Waals surface area contributed by atoms with Crippen molar-refractivity contribution in [3.63, 3.8) is 0 Å². The van der Waals surface area contributed by atoms with Crippen LogP contribution in [0.3, 0.4) is 0 Å². The fourth-order valence-electron chi connectivity index (χ4n) is 4.86. The number of aromatic nitrogens is 5. The molecule has 0 radical (unpaired) electrons. The molecule has 5 rings (SSSR count). The number of rotatable bonds is 6. The molecule has 9 heteroatoms. The van der Waals surface area contributed by atoms with Gasteiger partial charge < -0.3 is 15.4 Å². The number of fused-ring (bicyclic) bond motifs is 1. The molecule has 1 saturated carbocycles. The summed E-state index contributed by atoms with van der Waals surface area (Å²) in [6.45, 7) is 7.83. The molecule has 0 aromatic carbocycles. The van der Waals surface area contributed by atoms with E-state index < -0.39 is 0 Å². The minimum absolute atomic E-state index is 0.0743. The van der Waals surface area contributed by atoms with Gasteiger partial charge in [-0.2, -0.15) is 10.2 Å². The summed E-state index contributed by atoms with van der Waals surface area (Å²) in [5, 5.41) is 18.7. The molecular weight excluding hydrogens is 406 g/mol. The summed E-state index contributed by atoms with van der Waals surface area (Å²) in [5.41, 5.74) is 5.04. The average molecular weight is 438 g/mol. The van der Waals surface area contributed by atoms with E-state index >= 15 is 0 Å². The molecule has 0 spiro atoms. The van der Waals surface area contributed by atoms with Gasteiger partial charge in [-0.15, -0.1) is 0 Å². The minimum Gasteiger partial charge on any atom is -0.378 e. The normalized spacial score (nSPS) is 21.8. The van der Waals surface area contributed by atoms with Crippen LogP contribution in [0.25, 0.3) is 16.9 Å². The van der Waals surface area contributed by atoms with Gasteiger partial charge in [-0.3, -0.25) is 9.89 Å². The second kappa shape index (κ2) is 8.63. The summed E-state index contributed by atoms with van der Waals surface area (Å²) in [6, 6.07) is 3.27. The highest BCUT2D eigenvalue weighted by atomic mass is 16.5. The Labute approximate surface area is 187 Å². The zero-order valence-corrected chi connectivity index (χ0v) is 18.9. The Morgan fingerprint density at radius 2 is 1.94 bits per heavy atom. The molecule has 1 aliphatic heterocycles. The molecule has 2 aliphatic rings. The van der Waals surface area contributed by atoms with Gasteiger partial charge in [0.25, 0.3) is 5.91 Å². The minimum atomic E-state index is -0.0743. The molecule has 0 bridgehead atoms. The van der Waals surface area contributed by atoms with E-state index in [2.05, 4.69) is 50.8 Å². The van der Waals surface area contributed by atoms with E-state index in [4.69, 9.17) is 4.74 Å². The van der Waals surface area contributed by atoms with Crippen molar-refractivity contribution in [2.75, 3.05) is 13.2 Å². The first-order chi connectivity index (χ1) is 15.5. The molecule has 0 atom stereocenters. The van der Waals surface area contributed by atoms with Gasteiger partial charge in [-0.25, -0.2) is 9.50 Å². The van der Waals surface area contributed by atoms with Gasteiger partial charge in [0, 0.05) is 29.4 Å². The number of aromatic amines is 1. The Kier molecular flexibility index (Phi) is 5.69. The first kappa shape index (κ1) is 21.1. The zero-order chi connectivity index (χ0) is 22.2. The second-order valence-electron chi connectivity index (χ2n) is 9.38. The number of nitrogens with one attached hydrogen (secondary N) is 3. The topological polar surface area (TPSA) is 109 Å². The highest BCUT2D eigenvalue weighted by Crippen LogP contribution is 2.31. The molecule has 9 nitrogen and oxygen atoms in total. The number of carbonyl (C=O) groups excluding carboxylic acids is 1. The summed E-state index contributed by atoms with van der Waals surface area (Å²) in [6.07, 6.45) is 7.58. The molecular formula is C23H31N7O2. The predicted octanol–water partition coefficient (Wildman–Crippen LogP) is 2.58. The van der Waals surface area contributed by atoms with Crippen molar-refractivity contribution >= 4 is 11.6 Å². The van der Waals surface area contributed by atoms with E-state index in [9.17, 15) is 4.79 Å². The van der Waals surface area contributed by atoms with Crippen molar-refractivity contribution in [3.8, 4) is 11.3 Å². The Bertz CT molecular complexity index is 1110. The van der Waals surface area contributed by atoms with Crippen molar-refractivity contribution in [1.29, 1.82) is 0 Å². The van der Waals surface area contributed by atoms with Crippen LogP contribution in [0.5, 0.6) is 0 Å². The van der Waals surface area contributed by atoms with Crippen LogP contribution in [0.15, 0.2) is 18.6 Å². The number of hydrogen-bond acceptors (Lipinski definition) is 6. The van der Waals surface area contributed by atoms with Crippen molar-refractivity contribution in [3.05, 3.63) is 35.4 Å². The van der Waals surface area contributed by atoms with E-state index in [1.54, 1.807) is 10.8 Å². The SMILES string of the molecule is Cc1cc(-c2n[nH]c(C(=O)NC3CCC(NC4COC4)CC3)c2C(C)C)cn2ncnc12. The highest BCUT2D eigenvalue weighted by Gasteiger charge is 2.29. The zero-order valence-electron chi connectivity index (χ0n) is 18.9. The molecule has 3 aromatic heterocycles. The molecule has 32 heavy (non-hydrogen) atoms. The van der Waals surface area contributed by atoms with Crippen LogP contribution < -0.4 is 10.6 Å². The number of H-pyrrole nitrogens is 1. The molecule has 1 saturated heterocycles. The van der Waals surface area contributed by atoms with Gasteiger partial charge in [-0.1, -0.05) is 13.8 Å². The van der Waals surface area contributed by atoms with E-state index in [0.717, 1.165) is 66.9 Å². The van der Waals surface area contributed by atoms with Crippen LogP contribution in [-0.4, -0.2) is 62.0 Å². The van der Waals surface area contributed by atoms with Gasteiger partial charge in [0.2, 0.25) is 0 Å². The van der Waals surface area contributed by atoms with Gasteiger partial charge >= 0.3 is 0 Å². The van der Waals surface area contributed by atoms with Crippen molar-refractivity contribution in [2.45, 2.75) is 70.5 Å². The summed E-state index contributed by atoms with van der Waals surface area (Å²) >= 11 is 0. The number of ether oxygens (including phenoxy) is 1. The fourth-order valence-corrected chi connectivity index (χ4v) is 4.86. The Balaban J connectivity index is 1.31. The van der Waals surface area contributed by atoms with E-state index in [-0.39, 0.29) is 17.9 Å². The lowest BCUT2D eigenvalue weighted by Crippen LogP contribution is -2.52. The smallest absolute Gasteiger partial charge is 0.269 e. The lowest BCUT2D eigenvalue weighted by atomic mass is 9.90. The summed E-state index contributed by atoms with van der Waals surface area (Å²) in [4.78, 5) is 17.5. The third kappa shape index (κ3) is 4.02. The van der Waals surface area contributed by atoms with Crippen molar-refractivity contribution in [2.24, 2.45) is 0 Å². The number of aryl methyl sites for hydroxylation is 1. The standard InChI is InChI=1S/C23H31N7O2/c1-13(2)19-20(15-8-14(3)22-24-12-25-30(22)9-15)28-29-21(19)23(31)27-17-6-4-16(5-7-17)26-18-10-32-11-18/h8-9,12-13,16-18,26H,4-7,10-11H2,1-3H3,(H,27,31)(H,28,29). The lowest BCUT2D eigenvalue weighted by Gasteiger charge is -2.35. The van der Waals surface area contributed by atoms with Crippen LogP contribution in [0.2, 0.25) is 0 Å². The molecule has 1 amide bonds. The van der Waals surface area contributed by atoms with Gasteiger partial charge in [0.1, 0.15) is 12.0 Å². The van der Waals surface area contributed by atoms with Crippen LogP contribution >= 0.6 is 0 Å². The van der Waals surface area contributed by atoms with E-state index in [1.165, 1.54) is 0 Å². The number of carbonyl (C=O) groups is 1. The summed E-state index contributed by atoms with van der Waals surface area (Å²) in [7, 11) is 0. The van der Waals surface area contributed by atoms with Gasteiger partial charge in [0.05, 0.1) is 24.9 Å². The largest absolute Gasteiger partial charge is 0.378 e. The van der Waals surface area contributed by atoms with Gasteiger partial charge in [0.15, 0.2) is 5.65 Å². The van der Waals surface area contributed by atoms with Crippen LogP contribution in [-0.2, 0) is 4.74 Å². The Morgan fingerprint density at radius 1 is 1.19 bits per heavy atom. The molecule has 170 valence electrons. The monoisotopic (exact) mass is 437 g/mol. The molecule has 3 N–H and O–H groups in total. The van der Waals surface area contributed by atoms with Gasteiger partial charge in [-0.05, 0) is 50.2 Å². The predicted molar refractivity (Wildman–Crippen MR) is 121 cm³/mol. The molecule has 2 fully saturated rings. The molecule has 1 aliphatic carbocycles. The summed E-state index contributed by atoms with van der Waals surface area (Å²) < 4.78 is 7.01. The lowest BCUT2D eigenvalue weighted by molar-refractivity contribution is -0.0122. The van der Waals surface area contributed by atoms with E-state index in [0.29, 0.717) is 17.8 Å². The maximum Gasteiger partial charge on any atom is 0.269 e. The number of hydrogen-bond donors (Lipinski definition) is 3. The fraction of sp³-hybridized carbons (Fsp3) is 0.565. The molecule has 0 unspecified atom stereocenters. The quantitative estimate of drug-likeness (QED) is 0.547. The van der Waals surface area contributed by atoms with E-state index in [1.807, 2.05) is 13.1 Å².